The molecule has 172 valence electrons. The quantitative estimate of drug-likeness (QED) is 0.599. The molecule has 2 N–H and O–H groups in total. The van der Waals surface area contributed by atoms with Gasteiger partial charge in [-0.05, 0) is 42.8 Å². The minimum atomic E-state index is -0.867. The van der Waals surface area contributed by atoms with Crippen molar-refractivity contribution in [3.05, 3.63) is 64.8 Å². The lowest BCUT2D eigenvalue weighted by molar-refractivity contribution is -0.118. The van der Waals surface area contributed by atoms with Gasteiger partial charge < -0.3 is 24.8 Å². The number of aromatic nitrogens is 2. The minimum absolute atomic E-state index is 0.327. The molecule has 1 aliphatic heterocycles. The number of anilines is 1. The van der Waals surface area contributed by atoms with E-state index in [9.17, 15) is 9.59 Å². The molecule has 0 aliphatic carbocycles. The van der Waals surface area contributed by atoms with Gasteiger partial charge in [0, 0.05) is 24.1 Å². The third-order valence-corrected chi connectivity index (χ3v) is 5.82. The second-order valence-electron chi connectivity index (χ2n) is 7.74. The number of rotatable bonds is 6. The molecule has 2 amide bonds. The van der Waals surface area contributed by atoms with Crippen molar-refractivity contribution in [2.45, 2.75) is 18.9 Å². The fraction of sp³-hybridized carbons (Fsp3) is 0.292. The zero-order chi connectivity index (χ0) is 23.7. The number of carbonyl (C=O) groups excluding carboxylic acids is 2. The monoisotopic (exact) mass is 450 g/mol. The molecule has 0 bridgehead atoms. The van der Waals surface area contributed by atoms with Gasteiger partial charge in [0.05, 0.1) is 27.0 Å². The van der Waals surface area contributed by atoms with Gasteiger partial charge in [-0.1, -0.05) is 12.1 Å². The Kier molecular flexibility index (Phi) is 5.95. The molecule has 0 spiro atoms. The molecule has 9 nitrogen and oxygen atoms in total. The van der Waals surface area contributed by atoms with Crippen LogP contribution in [0.15, 0.2) is 42.5 Å². The Morgan fingerprint density at radius 2 is 1.82 bits per heavy atom. The van der Waals surface area contributed by atoms with Crippen molar-refractivity contribution >= 4 is 17.6 Å². The van der Waals surface area contributed by atoms with Gasteiger partial charge in [-0.3, -0.25) is 14.3 Å². The molecule has 0 unspecified atom stereocenters. The van der Waals surface area contributed by atoms with Gasteiger partial charge in [-0.25, -0.2) is 0 Å². The highest BCUT2D eigenvalue weighted by atomic mass is 16.5. The fourth-order valence-corrected chi connectivity index (χ4v) is 4.25. The van der Waals surface area contributed by atoms with E-state index in [0.29, 0.717) is 28.6 Å². The van der Waals surface area contributed by atoms with E-state index in [1.165, 1.54) is 14.2 Å². The Hall–Kier alpha value is -4.01. The summed E-state index contributed by atoms with van der Waals surface area (Å²) in [5.74, 6) is 1.01. The van der Waals surface area contributed by atoms with Crippen molar-refractivity contribution in [2.24, 2.45) is 7.05 Å². The normalized spacial score (nSPS) is 17.1. The largest absolute Gasteiger partial charge is 0.497 e. The number of aryl methyl sites for hydroxylation is 2. The Morgan fingerprint density at radius 1 is 1.06 bits per heavy atom. The van der Waals surface area contributed by atoms with Crippen LogP contribution in [0, 0.1) is 6.92 Å². The van der Waals surface area contributed by atoms with Crippen molar-refractivity contribution in [3.63, 3.8) is 0 Å². The first-order valence-electron chi connectivity index (χ1n) is 10.4. The Balaban J connectivity index is 1.76. The second-order valence-corrected chi connectivity index (χ2v) is 7.74. The van der Waals surface area contributed by atoms with Crippen LogP contribution in [0.5, 0.6) is 17.2 Å². The standard InChI is InChI=1S/C24H26N4O5/c1-13-19-20(14-7-6-8-16(11-14)31-3)21(24(30)26-22(19)28(2)27-13)25-23(29)15-9-10-17(32-4)18(12-15)33-5/h6-12,20-21H,1-5H3,(H,25,29)(H,26,30)/t20-,21+/m1/s1. The summed E-state index contributed by atoms with van der Waals surface area (Å²) >= 11 is 0. The average Bonchev–Trinajstić information content (AvgIpc) is 3.11. The number of nitrogens with one attached hydrogen (secondary N) is 2. The molecule has 1 aromatic heterocycles. The number of carbonyl (C=O) groups is 2. The molecule has 0 saturated heterocycles. The van der Waals surface area contributed by atoms with Gasteiger partial charge in [-0.2, -0.15) is 5.10 Å². The van der Waals surface area contributed by atoms with Crippen molar-refractivity contribution in [1.29, 1.82) is 0 Å². The van der Waals surface area contributed by atoms with Crippen molar-refractivity contribution < 1.29 is 23.8 Å². The third kappa shape index (κ3) is 3.97. The number of ether oxygens (including phenoxy) is 3. The zero-order valence-corrected chi connectivity index (χ0v) is 19.1. The smallest absolute Gasteiger partial charge is 0.252 e. The van der Waals surface area contributed by atoms with E-state index in [2.05, 4.69) is 15.7 Å². The molecule has 0 radical (unpaired) electrons. The molecule has 0 fully saturated rings. The first-order chi connectivity index (χ1) is 15.9. The highest BCUT2D eigenvalue weighted by Crippen LogP contribution is 2.40. The van der Waals surface area contributed by atoms with Crippen LogP contribution in [0.3, 0.4) is 0 Å². The van der Waals surface area contributed by atoms with Crippen LogP contribution in [0.2, 0.25) is 0 Å². The summed E-state index contributed by atoms with van der Waals surface area (Å²) in [6, 6.07) is 11.5. The Labute approximate surface area is 191 Å². The maximum absolute atomic E-state index is 13.2. The first-order valence-corrected chi connectivity index (χ1v) is 10.4. The van der Waals surface area contributed by atoms with Crippen LogP contribution in [0.25, 0.3) is 0 Å². The van der Waals surface area contributed by atoms with Crippen molar-refractivity contribution in [1.82, 2.24) is 15.1 Å². The lowest BCUT2D eigenvalue weighted by Gasteiger charge is -2.32. The summed E-state index contributed by atoms with van der Waals surface area (Å²) in [4.78, 5) is 26.4. The third-order valence-electron chi connectivity index (χ3n) is 5.82. The summed E-state index contributed by atoms with van der Waals surface area (Å²) in [7, 11) is 6.39. The minimum Gasteiger partial charge on any atom is -0.497 e. The highest BCUT2D eigenvalue weighted by Gasteiger charge is 2.41. The molecule has 0 saturated carbocycles. The second kappa shape index (κ2) is 8.85. The molecular weight excluding hydrogens is 424 g/mol. The molecule has 2 heterocycles. The number of amides is 2. The SMILES string of the molecule is COc1cccc([C@@H]2c3c(C)nn(C)c3NC(=O)[C@H]2NC(=O)c2ccc(OC)c(OC)c2)c1. The van der Waals surface area contributed by atoms with Crippen LogP contribution in [-0.2, 0) is 11.8 Å². The van der Waals surface area contributed by atoms with E-state index < -0.39 is 17.9 Å². The van der Waals surface area contributed by atoms with Crippen molar-refractivity contribution in [3.8, 4) is 17.2 Å². The number of hydrogen-bond donors (Lipinski definition) is 2. The van der Waals surface area contributed by atoms with E-state index >= 15 is 0 Å². The number of hydrogen-bond acceptors (Lipinski definition) is 6. The van der Waals surface area contributed by atoms with Gasteiger partial charge in [0.15, 0.2) is 11.5 Å². The Bertz CT molecular complexity index is 1220. The summed E-state index contributed by atoms with van der Waals surface area (Å²) in [5.41, 5.74) is 2.80. The molecule has 4 rings (SSSR count). The van der Waals surface area contributed by atoms with Crippen molar-refractivity contribution in [2.75, 3.05) is 26.6 Å². The summed E-state index contributed by atoms with van der Waals surface area (Å²) in [6.07, 6.45) is 0. The zero-order valence-electron chi connectivity index (χ0n) is 19.1. The first kappa shape index (κ1) is 22.2. The fourth-order valence-electron chi connectivity index (χ4n) is 4.25. The van der Waals surface area contributed by atoms with E-state index in [1.54, 1.807) is 37.0 Å². The van der Waals surface area contributed by atoms with E-state index in [-0.39, 0.29) is 5.91 Å². The number of fused-ring (bicyclic) bond motifs is 1. The van der Waals surface area contributed by atoms with Crippen LogP contribution in [0.4, 0.5) is 5.82 Å². The van der Waals surface area contributed by atoms with Crippen LogP contribution in [-0.4, -0.2) is 49.0 Å². The lowest BCUT2D eigenvalue weighted by atomic mass is 9.81. The van der Waals surface area contributed by atoms with E-state index in [1.807, 2.05) is 31.2 Å². The van der Waals surface area contributed by atoms with E-state index in [4.69, 9.17) is 14.2 Å². The van der Waals surface area contributed by atoms with Crippen LogP contribution in [0.1, 0.15) is 33.1 Å². The molecular formula is C24H26N4O5. The van der Waals surface area contributed by atoms with Crippen LogP contribution >= 0.6 is 0 Å². The maximum atomic E-state index is 13.2. The topological polar surface area (TPSA) is 104 Å². The van der Waals surface area contributed by atoms with Crippen LogP contribution < -0.4 is 24.8 Å². The van der Waals surface area contributed by atoms with Gasteiger partial charge in [0.1, 0.15) is 17.6 Å². The van der Waals surface area contributed by atoms with Gasteiger partial charge >= 0.3 is 0 Å². The molecule has 1 aliphatic rings. The van der Waals surface area contributed by atoms with Gasteiger partial charge in [0.25, 0.3) is 5.91 Å². The molecule has 2 aromatic carbocycles. The predicted octanol–water partition coefficient (Wildman–Crippen LogP) is 2.64. The maximum Gasteiger partial charge on any atom is 0.252 e. The average molecular weight is 450 g/mol. The molecule has 2 atom stereocenters. The predicted molar refractivity (Wildman–Crippen MR) is 122 cm³/mol. The molecule has 3 aromatic rings. The number of methoxy groups -OCH3 is 3. The summed E-state index contributed by atoms with van der Waals surface area (Å²) < 4.78 is 17.6. The summed E-state index contributed by atoms with van der Waals surface area (Å²) in [5, 5.41) is 10.3. The van der Waals surface area contributed by atoms with E-state index in [0.717, 1.165) is 16.8 Å². The lowest BCUT2D eigenvalue weighted by Crippen LogP contribution is -2.50. The summed E-state index contributed by atoms with van der Waals surface area (Å²) in [6.45, 7) is 1.89. The number of benzene rings is 2. The van der Waals surface area contributed by atoms with Gasteiger partial charge in [-0.15, -0.1) is 0 Å². The van der Waals surface area contributed by atoms with Gasteiger partial charge in [0.2, 0.25) is 5.91 Å². The molecule has 9 heteroatoms. The molecule has 33 heavy (non-hydrogen) atoms. The number of nitrogens with zero attached hydrogens (tertiary/aromatic N) is 2. The Morgan fingerprint density at radius 3 is 2.52 bits per heavy atom. The highest BCUT2D eigenvalue weighted by molar-refractivity contribution is 6.04.